The second kappa shape index (κ2) is 5.60. The third kappa shape index (κ3) is 2.61. The average molecular weight is 319 g/mol. The molecule has 3 rings (SSSR count). The number of carbonyl (C=O) groups excluding carboxylic acids is 1. The zero-order chi connectivity index (χ0) is 16.7. The van der Waals surface area contributed by atoms with Crippen molar-refractivity contribution in [3.8, 4) is 0 Å². The number of nitro benzene ring substituents is 1. The number of hydrogen-bond acceptors (Lipinski definition) is 5. The van der Waals surface area contributed by atoms with Gasteiger partial charge < -0.3 is 9.47 Å². The summed E-state index contributed by atoms with van der Waals surface area (Å²) in [7, 11) is 0. The Bertz CT molecular complexity index is 628. The van der Waals surface area contributed by atoms with Gasteiger partial charge in [0.15, 0.2) is 0 Å². The van der Waals surface area contributed by atoms with Gasteiger partial charge in [-0.05, 0) is 31.4 Å². The van der Waals surface area contributed by atoms with Crippen LogP contribution < -0.4 is 0 Å². The number of nitrogens with zero attached hydrogens (tertiary/aromatic N) is 1. The minimum absolute atomic E-state index is 0.0334. The van der Waals surface area contributed by atoms with E-state index >= 15 is 0 Å². The first-order valence-electron chi connectivity index (χ1n) is 7.89. The highest BCUT2D eigenvalue weighted by molar-refractivity contribution is 5.89. The summed E-state index contributed by atoms with van der Waals surface area (Å²) in [6, 6.07) is 5.52. The second-order valence-corrected chi connectivity index (χ2v) is 7.06. The molecular formula is C17H21NO5. The normalized spacial score (nSPS) is 33.0. The van der Waals surface area contributed by atoms with Crippen molar-refractivity contribution in [3.05, 3.63) is 39.9 Å². The van der Waals surface area contributed by atoms with Crippen molar-refractivity contribution >= 4 is 11.7 Å². The molecule has 0 unspecified atom stereocenters. The lowest BCUT2D eigenvalue weighted by Crippen LogP contribution is -2.50. The molecule has 0 spiro atoms. The largest absolute Gasteiger partial charge is 0.458 e. The van der Waals surface area contributed by atoms with Gasteiger partial charge in [0, 0.05) is 23.0 Å². The van der Waals surface area contributed by atoms with Gasteiger partial charge in [0.05, 0.1) is 23.7 Å². The van der Waals surface area contributed by atoms with Crippen LogP contribution in [0.1, 0.15) is 43.5 Å². The van der Waals surface area contributed by atoms with E-state index < -0.39 is 10.9 Å². The van der Waals surface area contributed by atoms with Gasteiger partial charge in [-0.15, -0.1) is 0 Å². The predicted octanol–water partition coefficient (Wildman–Crippen LogP) is 3.35. The van der Waals surface area contributed by atoms with Crippen molar-refractivity contribution in [2.75, 3.05) is 13.2 Å². The van der Waals surface area contributed by atoms with Crippen molar-refractivity contribution in [1.29, 1.82) is 0 Å². The van der Waals surface area contributed by atoms with Gasteiger partial charge in [0.2, 0.25) is 0 Å². The fourth-order valence-corrected chi connectivity index (χ4v) is 3.77. The zero-order valence-electron chi connectivity index (χ0n) is 13.4. The highest BCUT2D eigenvalue weighted by Crippen LogP contribution is 2.55. The van der Waals surface area contributed by atoms with Crippen LogP contribution in [0.4, 0.5) is 5.69 Å². The number of hydrogen-bond donors (Lipinski definition) is 0. The van der Waals surface area contributed by atoms with E-state index in [1.165, 1.54) is 24.3 Å². The van der Waals surface area contributed by atoms with Gasteiger partial charge in [0.1, 0.15) is 6.10 Å². The number of rotatable bonds is 3. The van der Waals surface area contributed by atoms with E-state index in [1.54, 1.807) is 0 Å². The van der Waals surface area contributed by atoms with Crippen LogP contribution >= 0.6 is 0 Å². The van der Waals surface area contributed by atoms with Crippen LogP contribution in [-0.4, -0.2) is 30.2 Å². The quantitative estimate of drug-likeness (QED) is 0.485. The van der Waals surface area contributed by atoms with E-state index in [1.807, 2.05) is 0 Å². The molecule has 3 atom stereocenters. The third-order valence-electron chi connectivity index (χ3n) is 5.67. The monoisotopic (exact) mass is 319 g/mol. The predicted molar refractivity (Wildman–Crippen MR) is 83.2 cm³/mol. The standard InChI is InChI=1S/C17H21NO5/c1-16-9-3-4-14(17(16,2)11-22-10-16)23-15(19)12-5-7-13(8-6-12)18(20)21/h5-8,14H,3-4,9-11H2,1-2H3/t14-,16-,17-/m0/s1. The maximum atomic E-state index is 12.4. The summed E-state index contributed by atoms with van der Waals surface area (Å²) in [5, 5.41) is 10.7. The number of fused-ring (bicyclic) bond motifs is 1. The Morgan fingerprint density at radius 3 is 2.65 bits per heavy atom. The maximum Gasteiger partial charge on any atom is 0.338 e. The fourth-order valence-electron chi connectivity index (χ4n) is 3.77. The molecule has 1 aromatic rings. The van der Waals surface area contributed by atoms with E-state index in [9.17, 15) is 14.9 Å². The van der Waals surface area contributed by atoms with Crippen LogP contribution in [0.5, 0.6) is 0 Å². The average Bonchev–Trinajstić information content (AvgIpc) is 2.84. The Hall–Kier alpha value is -1.95. The van der Waals surface area contributed by atoms with Gasteiger partial charge in [-0.25, -0.2) is 4.79 Å². The molecule has 1 heterocycles. The molecule has 1 saturated carbocycles. The number of benzene rings is 1. The summed E-state index contributed by atoms with van der Waals surface area (Å²) in [5.74, 6) is -0.428. The summed E-state index contributed by atoms with van der Waals surface area (Å²) < 4.78 is 11.5. The highest BCUT2D eigenvalue weighted by Gasteiger charge is 2.57. The lowest BCUT2D eigenvalue weighted by molar-refractivity contribution is -0.384. The lowest BCUT2D eigenvalue weighted by Gasteiger charge is -2.48. The van der Waals surface area contributed by atoms with Gasteiger partial charge in [0.25, 0.3) is 5.69 Å². The molecular weight excluding hydrogens is 298 g/mol. The second-order valence-electron chi connectivity index (χ2n) is 7.06. The van der Waals surface area contributed by atoms with Crippen molar-refractivity contribution in [2.24, 2.45) is 10.8 Å². The van der Waals surface area contributed by atoms with Gasteiger partial charge >= 0.3 is 5.97 Å². The van der Waals surface area contributed by atoms with Gasteiger partial charge in [-0.2, -0.15) is 0 Å². The van der Waals surface area contributed by atoms with Gasteiger partial charge in [-0.3, -0.25) is 10.1 Å². The molecule has 1 aliphatic heterocycles. The first-order chi connectivity index (χ1) is 10.9. The Balaban J connectivity index is 1.75. The van der Waals surface area contributed by atoms with Crippen molar-refractivity contribution in [2.45, 2.75) is 39.2 Å². The zero-order valence-corrected chi connectivity index (χ0v) is 13.4. The lowest BCUT2D eigenvalue weighted by atomic mass is 9.58. The van der Waals surface area contributed by atoms with Crippen LogP contribution in [0.15, 0.2) is 24.3 Å². The molecule has 23 heavy (non-hydrogen) atoms. The van der Waals surface area contributed by atoms with Crippen molar-refractivity contribution in [1.82, 2.24) is 0 Å². The van der Waals surface area contributed by atoms with Crippen LogP contribution in [0.25, 0.3) is 0 Å². The Morgan fingerprint density at radius 2 is 2.00 bits per heavy atom. The summed E-state index contributed by atoms with van der Waals surface area (Å²) in [6.45, 7) is 5.63. The molecule has 2 fully saturated rings. The molecule has 6 heteroatoms. The summed E-state index contributed by atoms with van der Waals surface area (Å²) in [6.07, 6.45) is 2.73. The molecule has 124 valence electrons. The molecule has 1 aliphatic carbocycles. The Morgan fingerprint density at radius 1 is 1.30 bits per heavy atom. The number of non-ortho nitro benzene ring substituents is 1. The van der Waals surface area contributed by atoms with E-state index in [-0.39, 0.29) is 22.6 Å². The Kier molecular flexibility index (Phi) is 3.88. The highest BCUT2D eigenvalue weighted by atomic mass is 16.6. The SMILES string of the molecule is C[C@@]12CCC[C@H](OC(=O)c3ccc([N+](=O)[O-])cc3)[C@]1(C)COC2. The van der Waals surface area contributed by atoms with Crippen LogP contribution in [0.2, 0.25) is 0 Å². The number of nitro groups is 1. The van der Waals surface area contributed by atoms with E-state index in [0.717, 1.165) is 19.3 Å². The van der Waals surface area contributed by atoms with Crippen LogP contribution in [0.3, 0.4) is 0 Å². The fraction of sp³-hybridized carbons (Fsp3) is 0.588. The minimum Gasteiger partial charge on any atom is -0.458 e. The maximum absolute atomic E-state index is 12.4. The van der Waals surface area contributed by atoms with Gasteiger partial charge in [-0.1, -0.05) is 13.8 Å². The van der Waals surface area contributed by atoms with E-state index in [2.05, 4.69) is 13.8 Å². The molecule has 0 N–H and O–H groups in total. The third-order valence-corrected chi connectivity index (χ3v) is 5.67. The summed E-state index contributed by atoms with van der Waals surface area (Å²) in [5.41, 5.74) is 0.154. The molecule has 1 aromatic carbocycles. The van der Waals surface area contributed by atoms with E-state index in [0.29, 0.717) is 18.8 Å². The molecule has 2 aliphatic rings. The molecule has 0 amide bonds. The summed E-state index contributed by atoms with van der Waals surface area (Å²) >= 11 is 0. The van der Waals surface area contributed by atoms with E-state index in [4.69, 9.17) is 9.47 Å². The molecule has 0 radical (unpaired) electrons. The minimum atomic E-state index is -0.488. The molecule has 0 aromatic heterocycles. The smallest absolute Gasteiger partial charge is 0.338 e. The molecule has 6 nitrogen and oxygen atoms in total. The molecule has 1 saturated heterocycles. The summed E-state index contributed by atoms with van der Waals surface area (Å²) in [4.78, 5) is 22.6. The number of esters is 1. The number of carbonyl (C=O) groups is 1. The number of ether oxygens (including phenoxy) is 2. The van der Waals surface area contributed by atoms with Crippen LogP contribution in [0, 0.1) is 20.9 Å². The first kappa shape index (κ1) is 15.9. The Labute approximate surface area is 134 Å². The van der Waals surface area contributed by atoms with Crippen molar-refractivity contribution in [3.63, 3.8) is 0 Å². The molecule has 0 bridgehead atoms. The van der Waals surface area contributed by atoms with Crippen molar-refractivity contribution < 1.29 is 19.2 Å². The topological polar surface area (TPSA) is 78.7 Å². The first-order valence-corrected chi connectivity index (χ1v) is 7.89. The van der Waals surface area contributed by atoms with Crippen LogP contribution in [-0.2, 0) is 9.47 Å².